The quantitative estimate of drug-likeness (QED) is 0.744. The van der Waals surface area contributed by atoms with Crippen LogP contribution in [0, 0.1) is 19.8 Å². The first kappa shape index (κ1) is 13.0. The third-order valence-electron chi connectivity index (χ3n) is 2.54. The molecule has 0 aliphatic carbocycles. The Morgan fingerprint density at radius 2 is 2.00 bits per heavy atom. The van der Waals surface area contributed by atoms with Crippen LogP contribution in [0.1, 0.15) is 30.5 Å². The lowest BCUT2D eigenvalue weighted by Crippen LogP contribution is -2.19. The predicted octanol–water partition coefficient (Wildman–Crippen LogP) is 3.56. The summed E-state index contributed by atoms with van der Waals surface area (Å²) in [4.78, 5) is 0. The molecule has 1 rings (SSSR count). The van der Waals surface area contributed by atoms with Gasteiger partial charge in [0.2, 0.25) is 0 Å². The molecular weight excluding hydrogens is 194 g/mol. The molecule has 0 fully saturated rings. The number of hydrogen-bond donors (Lipinski definition) is 1. The SMILES string of the molecule is Cc1ccc(C=CCNCC(C)C)c(C)c1. The summed E-state index contributed by atoms with van der Waals surface area (Å²) in [6, 6.07) is 6.57. The van der Waals surface area contributed by atoms with Gasteiger partial charge in [-0.2, -0.15) is 0 Å². The average Bonchev–Trinajstić information content (AvgIpc) is 2.20. The smallest absolute Gasteiger partial charge is 0.0138 e. The Labute approximate surface area is 99.6 Å². The first-order valence-corrected chi connectivity index (χ1v) is 6.04. The normalized spacial score (nSPS) is 11.6. The maximum Gasteiger partial charge on any atom is 0.0138 e. The molecule has 0 unspecified atom stereocenters. The van der Waals surface area contributed by atoms with Crippen LogP contribution in [0.5, 0.6) is 0 Å². The molecule has 0 atom stereocenters. The van der Waals surface area contributed by atoms with Crippen LogP contribution >= 0.6 is 0 Å². The van der Waals surface area contributed by atoms with Crippen LogP contribution in [0.4, 0.5) is 0 Å². The van der Waals surface area contributed by atoms with Crippen molar-refractivity contribution < 1.29 is 0 Å². The van der Waals surface area contributed by atoms with E-state index in [2.05, 4.69) is 63.4 Å². The number of benzene rings is 1. The van der Waals surface area contributed by atoms with Gasteiger partial charge in [0, 0.05) is 6.54 Å². The molecule has 0 amide bonds. The zero-order valence-corrected chi connectivity index (χ0v) is 10.9. The van der Waals surface area contributed by atoms with Crippen molar-refractivity contribution in [1.82, 2.24) is 5.32 Å². The number of nitrogens with one attached hydrogen (secondary N) is 1. The van der Waals surface area contributed by atoms with Crippen LogP contribution in [-0.4, -0.2) is 13.1 Å². The van der Waals surface area contributed by atoms with E-state index in [0.717, 1.165) is 19.0 Å². The Morgan fingerprint density at radius 1 is 1.25 bits per heavy atom. The Bertz CT molecular complexity index is 350. The van der Waals surface area contributed by atoms with Crippen molar-refractivity contribution in [3.8, 4) is 0 Å². The van der Waals surface area contributed by atoms with Gasteiger partial charge in [0.15, 0.2) is 0 Å². The second-order valence-electron chi connectivity index (χ2n) is 4.81. The monoisotopic (exact) mass is 217 g/mol. The van der Waals surface area contributed by atoms with Gasteiger partial charge in [0.05, 0.1) is 0 Å². The van der Waals surface area contributed by atoms with Gasteiger partial charge >= 0.3 is 0 Å². The lowest BCUT2D eigenvalue weighted by atomic mass is 10.1. The molecule has 1 heteroatoms. The van der Waals surface area contributed by atoms with Crippen molar-refractivity contribution in [3.05, 3.63) is 41.0 Å². The summed E-state index contributed by atoms with van der Waals surface area (Å²) in [5.74, 6) is 0.717. The van der Waals surface area contributed by atoms with Gasteiger partial charge in [-0.3, -0.25) is 0 Å². The molecule has 0 bridgehead atoms. The maximum atomic E-state index is 3.40. The van der Waals surface area contributed by atoms with E-state index in [0.29, 0.717) is 0 Å². The number of hydrogen-bond acceptors (Lipinski definition) is 1. The van der Waals surface area contributed by atoms with E-state index in [4.69, 9.17) is 0 Å². The summed E-state index contributed by atoms with van der Waals surface area (Å²) < 4.78 is 0. The highest BCUT2D eigenvalue weighted by atomic mass is 14.8. The molecule has 1 nitrogen and oxygen atoms in total. The van der Waals surface area contributed by atoms with Gasteiger partial charge in [0.25, 0.3) is 0 Å². The first-order valence-electron chi connectivity index (χ1n) is 6.04. The van der Waals surface area contributed by atoms with Crippen LogP contribution in [0.25, 0.3) is 6.08 Å². The van der Waals surface area contributed by atoms with E-state index in [1.54, 1.807) is 0 Å². The minimum Gasteiger partial charge on any atom is -0.313 e. The minimum atomic E-state index is 0.717. The van der Waals surface area contributed by atoms with Gasteiger partial charge in [-0.15, -0.1) is 0 Å². The third kappa shape index (κ3) is 4.63. The van der Waals surface area contributed by atoms with Crippen molar-refractivity contribution in [2.75, 3.05) is 13.1 Å². The lowest BCUT2D eigenvalue weighted by molar-refractivity contribution is 0.577. The van der Waals surface area contributed by atoms with E-state index in [1.165, 1.54) is 16.7 Å². The second kappa shape index (κ2) is 6.49. The zero-order valence-electron chi connectivity index (χ0n) is 10.9. The van der Waals surface area contributed by atoms with E-state index in [9.17, 15) is 0 Å². The Hall–Kier alpha value is -1.08. The van der Waals surface area contributed by atoms with Crippen LogP contribution < -0.4 is 5.32 Å². The maximum absolute atomic E-state index is 3.40. The van der Waals surface area contributed by atoms with Crippen molar-refractivity contribution in [1.29, 1.82) is 0 Å². The molecule has 0 saturated heterocycles. The highest BCUT2D eigenvalue weighted by Gasteiger charge is 1.94. The molecule has 0 heterocycles. The van der Waals surface area contributed by atoms with E-state index >= 15 is 0 Å². The van der Waals surface area contributed by atoms with E-state index in [-0.39, 0.29) is 0 Å². The largest absolute Gasteiger partial charge is 0.313 e. The third-order valence-corrected chi connectivity index (χ3v) is 2.54. The molecule has 0 saturated carbocycles. The van der Waals surface area contributed by atoms with Crippen molar-refractivity contribution >= 4 is 6.08 Å². The standard InChI is InChI=1S/C15H23N/c1-12(2)11-16-9-5-6-15-8-7-13(3)10-14(15)4/h5-8,10,12,16H,9,11H2,1-4H3. The second-order valence-corrected chi connectivity index (χ2v) is 4.81. The van der Waals surface area contributed by atoms with Gasteiger partial charge < -0.3 is 5.32 Å². The summed E-state index contributed by atoms with van der Waals surface area (Å²) in [6.07, 6.45) is 4.39. The predicted molar refractivity (Wildman–Crippen MR) is 72.7 cm³/mol. The highest BCUT2D eigenvalue weighted by Crippen LogP contribution is 2.11. The number of aryl methyl sites for hydroxylation is 2. The fourth-order valence-corrected chi connectivity index (χ4v) is 1.65. The van der Waals surface area contributed by atoms with Crippen LogP contribution in [-0.2, 0) is 0 Å². The summed E-state index contributed by atoms with van der Waals surface area (Å²) in [6.45, 7) is 10.8. The number of rotatable bonds is 5. The summed E-state index contributed by atoms with van der Waals surface area (Å²) in [5, 5.41) is 3.40. The summed E-state index contributed by atoms with van der Waals surface area (Å²) in [7, 11) is 0. The Kier molecular flexibility index (Phi) is 5.27. The van der Waals surface area contributed by atoms with Crippen molar-refractivity contribution in [3.63, 3.8) is 0 Å². The van der Waals surface area contributed by atoms with E-state index < -0.39 is 0 Å². The summed E-state index contributed by atoms with van der Waals surface area (Å²) in [5.41, 5.74) is 3.99. The molecule has 0 aliphatic rings. The van der Waals surface area contributed by atoms with Crippen LogP contribution in [0.2, 0.25) is 0 Å². The molecular formula is C15H23N. The van der Waals surface area contributed by atoms with Crippen molar-refractivity contribution in [2.45, 2.75) is 27.7 Å². The first-order chi connectivity index (χ1) is 7.59. The molecule has 0 spiro atoms. The molecule has 88 valence electrons. The molecule has 1 N–H and O–H groups in total. The molecule has 0 aromatic heterocycles. The Morgan fingerprint density at radius 3 is 2.62 bits per heavy atom. The minimum absolute atomic E-state index is 0.717. The fraction of sp³-hybridized carbons (Fsp3) is 0.467. The van der Waals surface area contributed by atoms with Gasteiger partial charge in [-0.05, 0) is 37.4 Å². The molecule has 16 heavy (non-hydrogen) atoms. The topological polar surface area (TPSA) is 12.0 Å². The Balaban J connectivity index is 2.44. The molecule has 0 aliphatic heterocycles. The molecule has 1 aromatic rings. The van der Waals surface area contributed by atoms with Gasteiger partial charge in [-0.1, -0.05) is 49.8 Å². The van der Waals surface area contributed by atoms with E-state index in [1.807, 2.05) is 0 Å². The highest BCUT2D eigenvalue weighted by molar-refractivity contribution is 5.54. The van der Waals surface area contributed by atoms with Gasteiger partial charge in [-0.25, -0.2) is 0 Å². The lowest BCUT2D eigenvalue weighted by Gasteiger charge is -2.04. The molecule has 1 aromatic carbocycles. The van der Waals surface area contributed by atoms with Crippen molar-refractivity contribution in [2.24, 2.45) is 5.92 Å². The average molecular weight is 217 g/mol. The molecule has 0 radical (unpaired) electrons. The van der Waals surface area contributed by atoms with Crippen LogP contribution in [0.15, 0.2) is 24.3 Å². The van der Waals surface area contributed by atoms with Gasteiger partial charge in [0.1, 0.15) is 0 Å². The fourth-order valence-electron chi connectivity index (χ4n) is 1.65. The summed E-state index contributed by atoms with van der Waals surface area (Å²) >= 11 is 0. The van der Waals surface area contributed by atoms with Crippen LogP contribution in [0.3, 0.4) is 0 Å². The zero-order chi connectivity index (χ0) is 12.0.